The molecule has 5 heteroatoms. The first kappa shape index (κ1) is 18.6. The standard InChI is InChI=1S/C23H22N2O2S/c1-27-20-11-5-16(6-12-20)14-28-15-22(26)25-24-13-19-10-9-18-8-7-17-3-2-4-21(19)23(17)18/h2-6,9-13H,7-8,14-15H2,1H3,(H,25,26). The number of hydrogen-bond acceptors (Lipinski definition) is 4. The lowest BCUT2D eigenvalue weighted by Gasteiger charge is -2.05. The fraction of sp³-hybridized carbons (Fsp3) is 0.217. The van der Waals surface area contributed by atoms with Crippen LogP contribution in [0.25, 0.3) is 10.8 Å². The summed E-state index contributed by atoms with van der Waals surface area (Å²) in [5, 5.41) is 6.73. The first-order valence-corrected chi connectivity index (χ1v) is 10.5. The quantitative estimate of drug-likeness (QED) is 0.483. The Morgan fingerprint density at radius 1 is 1.11 bits per heavy atom. The molecular weight excluding hydrogens is 368 g/mol. The topological polar surface area (TPSA) is 50.7 Å². The van der Waals surface area contributed by atoms with E-state index in [9.17, 15) is 4.79 Å². The van der Waals surface area contributed by atoms with Crippen LogP contribution in [0.15, 0.2) is 59.7 Å². The lowest BCUT2D eigenvalue weighted by Crippen LogP contribution is -2.19. The number of thioether (sulfide) groups is 1. The first-order valence-electron chi connectivity index (χ1n) is 9.30. The van der Waals surface area contributed by atoms with Crippen LogP contribution < -0.4 is 10.2 Å². The lowest BCUT2D eigenvalue weighted by molar-refractivity contribution is -0.118. The van der Waals surface area contributed by atoms with Crippen molar-refractivity contribution in [3.05, 3.63) is 76.9 Å². The predicted molar refractivity (Wildman–Crippen MR) is 116 cm³/mol. The number of ether oxygens (including phenoxy) is 1. The van der Waals surface area contributed by atoms with Crippen LogP contribution in [0, 0.1) is 0 Å². The van der Waals surface area contributed by atoms with Gasteiger partial charge in [-0.3, -0.25) is 4.79 Å². The number of benzene rings is 3. The second kappa shape index (κ2) is 8.48. The highest BCUT2D eigenvalue weighted by atomic mass is 32.2. The van der Waals surface area contributed by atoms with E-state index in [1.54, 1.807) is 25.1 Å². The summed E-state index contributed by atoms with van der Waals surface area (Å²) in [4.78, 5) is 12.0. The highest BCUT2D eigenvalue weighted by Gasteiger charge is 2.14. The predicted octanol–water partition coefficient (Wildman–Crippen LogP) is 4.33. The zero-order valence-corrected chi connectivity index (χ0v) is 16.6. The summed E-state index contributed by atoms with van der Waals surface area (Å²) in [5.41, 5.74) is 7.64. The van der Waals surface area contributed by atoms with Gasteiger partial charge < -0.3 is 4.74 Å². The molecule has 0 bridgehead atoms. The summed E-state index contributed by atoms with van der Waals surface area (Å²) in [6.45, 7) is 0. The number of rotatable bonds is 7. The summed E-state index contributed by atoms with van der Waals surface area (Å²) in [6.07, 6.45) is 3.96. The Morgan fingerprint density at radius 2 is 1.89 bits per heavy atom. The van der Waals surface area contributed by atoms with Crippen LogP contribution >= 0.6 is 11.8 Å². The lowest BCUT2D eigenvalue weighted by atomic mass is 10.0. The van der Waals surface area contributed by atoms with Crippen molar-refractivity contribution in [3.63, 3.8) is 0 Å². The molecule has 4 nitrogen and oxygen atoms in total. The fourth-order valence-electron chi connectivity index (χ4n) is 3.57. The molecule has 0 aliphatic heterocycles. The molecule has 1 amide bonds. The molecule has 0 saturated heterocycles. The monoisotopic (exact) mass is 390 g/mol. The molecule has 0 fully saturated rings. The molecule has 3 aromatic carbocycles. The number of methoxy groups -OCH3 is 1. The maximum absolute atomic E-state index is 12.0. The van der Waals surface area contributed by atoms with Gasteiger partial charge in [-0.25, -0.2) is 5.43 Å². The van der Waals surface area contributed by atoms with Crippen LogP contribution in [0.3, 0.4) is 0 Å². The molecule has 0 radical (unpaired) electrons. The first-order chi connectivity index (χ1) is 13.7. The number of aryl methyl sites for hydroxylation is 2. The van der Waals surface area contributed by atoms with E-state index in [1.165, 1.54) is 21.9 Å². The van der Waals surface area contributed by atoms with E-state index in [4.69, 9.17) is 4.74 Å². The Kier molecular flexibility index (Phi) is 5.63. The third-order valence-electron chi connectivity index (χ3n) is 4.96. The van der Waals surface area contributed by atoms with E-state index >= 15 is 0 Å². The second-order valence-corrected chi connectivity index (χ2v) is 7.77. The van der Waals surface area contributed by atoms with E-state index in [0.29, 0.717) is 5.75 Å². The molecule has 0 heterocycles. The molecule has 0 atom stereocenters. The van der Waals surface area contributed by atoms with E-state index in [0.717, 1.165) is 35.5 Å². The van der Waals surface area contributed by atoms with Crippen molar-refractivity contribution < 1.29 is 9.53 Å². The Labute approximate surface area is 169 Å². The van der Waals surface area contributed by atoms with Gasteiger partial charge in [0.1, 0.15) is 5.75 Å². The van der Waals surface area contributed by atoms with Gasteiger partial charge in [0.2, 0.25) is 5.91 Å². The Morgan fingerprint density at radius 3 is 2.68 bits per heavy atom. The van der Waals surface area contributed by atoms with E-state index in [2.05, 4.69) is 40.9 Å². The molecule has 1 N–H and O–H groups in total. The van der Waals surface area contributed by atoms with Crippen molar-refractivity contribution in [2.45, 2.75) is 18.6 Å². The summed E-state index contributed by atoms with van der Waals surface area (Å²) in [6, 6.07) is 18.6. The Hall–Kier alpha value is -2.79. The summed E-state index contributed by atoms with van der Waals surface area (Å²) >= 11 is 1.56. The molecule has 142 valence electrons. The van der Waals surface area contributed by atoms with Crippen LogP contribution in [0.1, 0.15) is 22.3 Å². The SMILES string of the molecule is COc1ccc(CSCC(=O)NN=Cc2ccc3c4c(cccc24)CC3)cc1. The van der Waals surface area contributed by atoms with Gasteiger partial charge in [-0.15, -0.1) is 11.8 Å². The molecule has 3 aromatic rings. The van der Waals surface area contributed by atoms with Crippen LogP contribution in [-0.4, -0.2) is 25.0 Å². The number of nitrogens with one attached hydrogen (secondary N) is 1. The van der Waals surface area contributed by atoms with Gasteiger partial charge in [0.05, 0.1) is 19.1 Å². The maximum Gasteiger partial charge on any atom is 0.250 e. The minimum atomic E-state index is -0.0966. The molecule has 0 saturated carbocycles. The van der Waals surface area contributed by atoms with Crippen molar-refractivity contribution in [2.75, 3.05) is 12.9 Å². The molecule has 1 aliphatic carbocycles. The van der Waals surface area contributed by atoms with Crippen LogP contribution in [0.5, 0.6) is 5.75 Å². The van der Waals surface area contributed by atoms with Gasteiger partial charge >= 0.3 is 0 Å². The number of amides is 1. The average molecular weight is 391 g/mol. The third kappa shape index (κ3) is 4.04. The number of hydrogen-bond donors (Lipinski definition) is 1. The molecule has 4 rings (SSSR count). The van der Waals surface area contributed by atoms with Crippen molar-refractivity contribution in [2.24, 2.45) is 5.10 Å². The third-order valence-corrected chi connectivity index (χ3v) is 5.97. The zero-order valence-electron chi connectivity index (χ0n) is 15.8. The summed E-state index contributed by atoms with van der Waals surface area (Å²) in [7, 11) is 1.65. The fourth-order valence-corrected chi connectivity index (χ4v) is 4.35. The maximum atomic E-state index is 12.0. The van der Waals surface area contributed by atoms with Crippen LogP contribution in [0.2, 0.25) is 0 Å². The van der Waals surface area contributed by atoms with Crippen LogP contribution in [0.4, 0.5) is 0 Å². The van der Waals surface area contributed by atoms with Gasteiger partial charge in [0.15, 0.2) is 0 Å². The smallest absolute Gasteiger partial charge is 0.250 e. The van der Waals surface area contributed by atoms with Crippen molar-refractivity contribution >= 4 is 34.7 Å². The highest BCUT2D eigenvalue weighted by Crippen LogP contribution is 2.32. The number of carbonyl (C=O) groups is 1. The number of carbonyl (C=O) groups excluding carboxylic acids is 1. The van der Waals surface area contributed by atoms with Crippen molar-refractivity contribution in [3.8, 4) is 5.75 Å². The molecular formula is C23H22N2O2S. The molecule has 1 aliphatic rings. The minimum absolute atomic E-state index is 0.0966. The molecule has 0 unspecified atom stereocenters. The molecule has 28 heavy (non-hydrogen) atoms. The minimum Gasteiger partial charge on any atom is -0.497 e. The highest BCUT2D eigenvalue weighted by molar-refractivity contribution is 7.99. The Bertz CT molecular complexity index is 1020. The Balaban J connectivity index is 1.31. The number of nitrogens with zero attached hydrogens (tertiary/aromatic N) is 1. The molecule has 0 spiro atoms. The van der Waals surface area contributed by atoms with E-state index < -0.39 is 0 Å². The second-order valence-electron chi connectivity index (χ2n) is 6.79. The summed E-state index contributed by atoms with van der Waals surface area (Å²) < 4.78 is 5.15. The van der Waals surface area contributed by atoms with Gasteiger partial charge in [-0.05, 0) is 52.4 Å². The van der Waals surface area contributed by atoms with Gasteiger partial charge in [-0.1, -0.05) is 42.5 Å². The summed E-state index contributed by atoms with van der Waals surface area (Å²) in [5.74, 6) is 1.88. The zero-order chi connectivity index (χ0) is 19.3. The van der Waals surface area contributed by atoms with E-state index in [1.807, 2.05) is 24.3 Å². The van der Waals surface area contributed by atoms with Gasteiger partial charge in [-0.2, -0.15) is 5.10 Å². The normalized spacial score (nSPS) is 12.6. The van der Waals surface area contributed by atoms with E-state index in [-0.39, 0.29) is 5.91 Å². The molecule has 0 aromatic heterocycles. The largest absolute Gasteiger partial charge is 0.497 e. The van der Waals surface area contributed by atoms with Crippen molar-refractivity contribution in [1.29, 1.82) is 0 Å². The van der Waals surface area contributed by atoms with Crippen LogP contribution in [-0.2, 0) is 23.4 Å². The van der Waals surface area contributed by atoms with Gasteiger partial charge in [0, 0.05) is 11.3 Å². The van der Waals surface area contributed by atoms with Gasteiger partial charge in [0.25, 0.3) is 0 Å². The van der Waals surface area contributed by atoms with Crippen molar-refractivity contribution in [1.82, 2.24) is 5.43 Å². The average Bonchev–Trinajstić information content (AvgIpc) is 3.15. The number of hydrazone groups is 1.